The summed E-state index contributed by atoms with van der Waals surface area (Å²) in [6.07, 6.45) is 2.21. The van der Waals surface area contributed by atoms with E-state index in [-0.39, 0.29) is 0 Å². The van der Waals surface area contributed by atoms with Crippen LogP contribution in [-0.2, 0) is 4.79 Å². The predicted octanol–water partition coefficient (Wildman–Crippen LogP) is 2.22. The summed E-state index contributed by atoms with van der Waals surface area (Å²) in [6.45, 7) is 3.76. The van der Waals surface area contributed by atoms with Crippen molar-refractivity contribution in [3.05, 3.63) is 35.4 Å². The molecule has 3 nitrogen and oxygen atoms in total. The molecule has 0 aromatic heterocycles. The number of carboxylic acids is 1. The monoisotopic (exact) mass is 219 g/mol. The third kappa shape index (κ3) is 2.09. The molecule has 86 valence electrons. The van der Waals surface area contributed by atoms with E-state index in [2.05, 4.69) is 4.90 Å². The zero-order valence-corrected chi connectivity index (χ0v) is 9.52. The fourth-order valence-corrected chi connectivity index (χ4v) is 2.38. The van der Waals surface area contributed by atoms with Crippen LogP contribution >= 0.6 is 0 Å². The molecule has 0 saturated carbocycles. The maximum Gasteiger partial charge on any atom is 0.325 e. The number of hydrogen-bond acceptors (Lipinski definition) is 2. The number of rotatable bonds is 3. The molecule has 1 aromatic rings. The molecule has 1 fully saturated rings. The van der Waals surface area contributed by atoms with Gasteiger partial charge in [-0.2, -0.15) is 0 Å². The van der Waals surface area contributed by atoms with Crippen LogP contribution in [0, 0.1) is 6.92 Å². The number of carboxylic acid groups (broad SMARTS) is 1. The summed E-state index contributed by atoms with van der Waals surface area (Å²) < 4.78 is 0. The van der Waals surface area contributed by atoms with Crippen LogP contribution in [0.15, 0.2) is 24.3 Å². The number of hydrogen-bond donors (Lipinski definition) is 1. The average Bonchev–Trinajstić information content (AvgIpc) is 2.74. The van der Waals surface area contributed by atoms with Crippen LogP contribution in [0.4, 0.5) is 0 Å². The van der Waals surface area contributed by atoms with Gasteiger partial charge in [0.25, 0.3) is 0 Å². The molecule has 1 aromatic carbocycles. The third-order valence-corrected chi connectivity index (χ3v) is 3.22. The SMILES string of the molecule is Cc1ccccc1C(C(=O)O)N1CCCC1. The molecule has 1 aliphatic rings. The summed E-state index contributed by atoms with van der Waals surface area (Å²) in [5.74, 6) is -0.740. The number of nitrogens with zero attached hydrogens (tertiary/aromatic N) is 1. The average molecular weight is 219 g/mol. The van der Waals surface area contributed by atoms with E-state index in [0.717, 1.165) is 37.1 Å². The first-order chi connectivity index (χ1) is 7.70. The van der Waals surface area contributed by atoms with Crippen LogP contribution in [0.3, 0.4) is 0 Å². The smallest absolute Gasteiger partial charge is 0.325 e. The van der Waals surface area contributed by atoms with Gasteiger partial charge >= 0.3 is 5.97 Å². The molecule has 3 heteroatoms. The minimum absolute atomic E-state index is 0.469. The Morgan fingerprint density at radius 3 is 2.50 bits per heavy atom. The normalized spacial score (nSPS) is 18.6. The van der Waals surface area contributed by atoms with Gasteiger partial charge in [-0.1, -0.05) is 24.3 Å². The lowest BCUT2D eigenvalue weighted by Gasteiger charge is -2.25. The minimum atomic E-state index is -0.740. The number of carbonyl (C=O) groups is 1. The second kappa shape index (κ2) is 4.66. The van der Waals surface area contributed by atoms with Gasteiger partial charge in [-0.3, -0.25) is 9.69 Å². The largest absolute Gasteiger partial charge is 0.480 e. The Kier molecular flexibility index (Phi) is 3.25. The van der Waals surface area contributed by atoms with E-state index in [1.807, 2.05) is 31.2 Å². The highest BCUT2D eigenvalue weighted by atomic mass is 16.4. The number of aryl methyl sites for hydroxylation is 1. The highest BCUT2D eigenvalue weighted by Crippen LogP contribution is 2.27. The Hall–Kier alpha value is -1.35. The van der Waals surface area contributed by atoms with Crippen LogP contribution in [0.25, 0.3) is 0 Å². The second-order valence-electron chi connectivity index (χ2n) is 4.34. The lowest BCUT2D eigenvalue weighted by Crippen LogP contribution is -2.32. The summed E-state index contributed by atoms with van der Waals surface area (Å²) in [7, 11) is 0. The predicted molar refractivity (Wildman–Crippen MR) is 62.4 cm³/mol. The van der Waals surface area contributed by atoms with E-state index in [9.17, 15) is 9.90 Å². The van der Waals surface area contributed by atoms with Crippen LogP contribution in [0.5, 0.6) is 0 Å². The van der Waals surface area contributed by atoms with Crippen LogP contribution in [0.1, 0.15) is 30.0 Å². The van der Waals surface area contributed by atoms with Crippen molar-refractivity contribution < 1.29 is 9.90 Å². The molecule has 1 aliphatic heterocycles. The Bertz CT molecular complexity index is 383. The molecule has 1 atom stereocenters. The fourth-order valence-electron chi connectivity index (χ4n) is 2.38. The van der Waals surface area contributed by atoms with Crippen LogP contribution in [-0.4, -0.2) is 29.1 Å². The molecular formula is C13H17NO2. The maximum atomic E-state index is 11.4. The molecule has 16 heavy (non-hydrogen) atoms. The van der Waals surface area contributed by atoms with E-state index in [1.165, 1.54) is 0 Å². The molecule has 1 saturated heterocycles. The van der Waals surface area contributed by atoms with E-state index in [0.29, 0.717) is 0 Å². The second-order valence-corrected chi connectivity index (χ2v) is 4.34. The molecular weight excluding hydrogens is 202 g/mol. The quantitative estimate of drug-likeness (QED) is 0.847. The summed E-state index contributed by atoms with van der Waals surface area (Å²) in [5, 5.41) is 9.37. The van der Waals surface area contributed by atoms with Crippen molar-refractivity contribution in [3.63, 3.8) is 0 Å². The van der Waals surface area contributed by atoms with Crippen LogP contribution in [0.2, 0.25) is 0 Å². The fraction of sp³-hybridized carbons (Fsp3) is 0.462. The van der Waals surface area contributed by atoms with Crippen molar-refractivity contribution in [1.29, 1.82) is 0 Å². The van der Waals surface area contributed by atoms with Crippen molar-refractivity contribution in [3.8, 4) is 0 Å². The number of benzene rings is 1. The van der Waals surface area contributed by atoms with Gasteiger partial charge in [-0.05, 0) is 44.0 Å². The van der Waals surface area contributed by atoms with Gasteiger partial charge in [0.1, 0.15) is 6.04 Å². The molecule has 1 heterocycles. The van der Waals surface area contributed by atoms with Crippen molar-refractivity contribution >= 4 is 5.97 Å². The summed E-state index contributed by atoms with van der Waals surface area (Å²) in [6, 6.07) is 7.29. The molecule has 0 bridgehead atoms. The molecule has 0 radical (unpaired) electrons. The van der Waals surface area contributed by atoms with Gasteiger partial charge in [-0.15, -0.1) is 0 Å². The number of likely N-dealkylation sites (tertiary alicyclic amines) is 1. The third-order valence-electron chi connectivity index (χ3n) is 3.22. The van der Waals surface area contributed by atoms with Crippen LogP contribution < -0.4 is 0 Å². The van der Waals surface area contributed by atoms with Crippen molar-refractivity contribution in [2.24, 2.45) is 0 Å². The molecule has 0 amide bonds. The summed E-state index contributed by atoms with van der Waals surface area (Å²) in [5.41, 5.74) is 1.98. The van der Waals surface area contributed by atoms with Gasteiger partial charge in [0.05, 0.1) is 0 Å². The van der Waals surface area contributed by atoms with Gasteiger partial charge in [0.15, 0.2) is 0 Å². The molecule has 1 unspecified atom stereocenters. The first-order valence-corrected chi connectivity index (χ1v) is 5.72. The zero-order chi connectivity index (χ0) is 11.5. The van der Waals surface area contributed by atoms with Gasteiger partial charge < -0.3 is 5.11 Å². The van der Waals surface area contributed by atoms with E-state index in [4.69, 9.17) is 0 Å². The highest BCUT2D eigenvalue weighted by molar-refractivity contribution is 5.76. The number of aliphatic carboxylic acids is 1. The summed E-state index contributed by atoms with van der Waals surface area (Å²) in [4.78, 5) is 13.5. The van der Waals surface area contributed by atoms with Crippen molar-refractivity contribution in [1.82, 2.24) is 4.90 Å². The Morgan fingerprint density at radius 2 is 1.94 bits per heavy atom. The lowest BCUT2D eigenvalue weighted by atomic mass is 10.0. The molecule has 0 aliphatic carbocycles. The van der Waals surface area contributed by atoms with E-state index < -0.39 is 12.0 Å². The topological polar surface area (TPSA) is 40.5 Å². The first kappa shape index (κ1) is 11.1. The zero-order valence-electron chi connectivity index (χ0n) is 9.52. The van der Waals surface area contributed by atoms with Gasteiger partial charge in [0, 0.05) is 0 Å². The van der Waals surface area contributed by atoms with Crippen molar-refractivity contribution in [2.45, 2.75) is 25.8 Å². The first-order valence-electron chi connectivity index (χ1n) is 5.72. The molecule has 0 spiro atoms. The minimum Gasteiger partial charge on any atom is -0.480 e. The van der Waals surface area contributed by atoms with Gasteiger partial charge in [-0.25, -0.2) is 0 Å². The van der Waals surface area contributed by atoms with E-state index >= 15 is 0 Å². The van der Waals surface area contributed by atoms with E-state index in [1.54, 1.807) is 0 Å². The Balaban J connectivity index is 2.32. The molecule has 2 rings (SSSR count). The standard InChI is InChI=1S/C13H17NO2/c1-10-6-2-3-7-11(10)12(13(15)16)14-8-4-5-9-14/h2-3,6-7,12H,4-5,8-9H2,1H3,(H,15,16). The summed E-state index contributed by atoms with van der Waals surface area (Å²) >= 11 is 0. The Morgan fingerprint density at radius 1 is 1.31 bits per heavy atom. The Labute approximate surface area is 95.7 Å². The molecule has 1 N–H and O–H groups in total. The maximum absolute atomic E-state index is 11.4. The highest BCUT2D eigenvalue weighted by Gasteiger charge is 2.30. The lowest BCUT2D eigenvalue weighted by molar-refractivity contribution is -0.143. The van der Waals surface area contributed by atoms with Crippen molar-refractivity contribution in [2.75, 3.05) is 13.1 Å². The van der Waals surface area contributed by atoms with Gasteiger partial charge in [0.2, 0.25) is 0 Å².